The van der Waals surface area contributed by atoms with E-state index in [2.05, 4.69) is 26.5 Å². The van der Waals surface area contributed by atoms with Gasteiger partial charge in [0.15, 0.2) is 5.76 Å². The molecule has 0 fully saturated rings. The summed E-state index contributed by atoms with van der Waals surface area (Å²) < 4.78 is 6.44. The van der Waals surface area contributed by atoms with E-state index < -0.39 is 5.91 Å². The van der Waals surface area contributed by atoms with Crippen LogP contribution in [0, 0.1) is 0 Å². The molecule has 7 heteroatoms. The number of carbonyl (C=O) groups excluding carboxylic acids is 1. The van der Waals surface area contributed by atoms with Crippen LogP contribution >= 0.6 is 27.5 Å². The fourth-order valence-electron chi connectivity index (χ4n) is 2.31. The third kappa shape index (κ3) is 4.03. The first-order valence-corrected chi connectivity index (χ1v) is 8.60. The number of hydrazone groups is 1. The van der Waals surface area contributed by atoms with Gasteiger partial charge in [-0.3, -0.25) is 4.79 Å². The number of carbonyl (C=O) groups is 1. The van der Waals surface area contributed by atoms with Crippen LogP contribution < -0.4 is 10.3 Å². The molecule has 0 bridgehead atoms. The van der Waals surface area contributed by atoms with Gasteiger partial charge in [-0.25, -0.2) is 5.43 Å². The van der Waals surface area contributed by atoms with Crippen molar-refractivity contribution in [3.05, 3.63) is 63.3 Å². The van der Waals surface area contributed by atoms with Crippen molar-refractivity contribution in [3.8, 4) is 0 Å². The molecule has 0 saturated carbocycles. The van der Waals surface area contributed by atoms with Gasteiger partial charge in [-0.05, 0) is 57.9 Å². The molecule has 1 heterocycles. The molecule has 0 spiro atoms. The Morgan fingerprint density at radius 2 is 2.04 bits per heavy atom. The van der Waals surface area contributed by atoms with Crippen LogP contribution in [0.1, 0.15) is 16.1 Å². The minimum atomic E-state index is -0.424. The van der Waals surface area contributed by atoms with E-state index in [1.54, 1.807) is 30.5 Å². The van der Waals surface area contributed by atoms with Crippen LogP contribution in [0.2, 0.25) is 5.02 Å². The molecular weight excluding hydrogens is 406 g/mol. The lowest BCUT2D eigenvalue weighted by Gasteiger charge is -2.14. The summed E-state index contributed by atoms with van der Waals surface area (Å²) in [7, 11) is 3.93. The Morgan fingerprint density at radius 3 is 2.76 bits per heavy atom. The lowest BCUT2D eigenvalue weighted by atomic mass is 10.2. The van der Waals surface area contributed by atoms with Gasteiger partial charge >= 0.3 is 5.91 Å². The number of rotatable bonds is 4. The predicted molar refractivity (Wildman–Crippen MR) is 105 cm³/mol. The lowest BCUT2D eigenvalue weighted by molar-refractivity contribution is 0.0929. The van der Waals surface area contributed by atoms with E-state index in [9.17, 15) is 4.79 Å². The number of benzene rings is 2. The number of fused-ring (bicyclic) bond motifs is 1. The average molecular weight is 421 g/mol. The van der Waals surface area contributed by atoms with Crippen LogP contribution in [0.15, 0.2) is 56.5 Å². The Kier molecular flexibility index (Phi) is 5.11. The van der Waals surface area contributed by atoms with Crippen LogP contribution in [-0.2, 0) is 0 Å². The zero-order valence-electron chi connectivity index (χ0n) is 13.6. The highest BCUT2D eigenvalue weighted by Gasteiger charge is 2.11. The predicted octanol–water partition coefficient (Wildman–Crippen LogP) is 4.68. The maximum atomic E-state index is 12.1. The number of nitrogens with zero attached hydrogens (tertiary/aromatic N) is 2. The second kappa shape index (κ2) is 7.29. The second-order valence-electron chi connectivity index (χ2n) is 5.60. The standard InChI is InChI=1S/C18H15BrClN3O2/c1-23(2)15-5-3-11(7-14(15)19)10-21-22-18(24)17-9-12-8-13(20)4-6-16(12)25-17/h3-10H,1-2H3,(H,22,24)/b21-10+. The number of nitrogens with one attached hydrogen (secondary N) is 1. The third-order valence-electron chi connectivity index (χ3n) is 3.54. The maximum absolute atomic E-state index is 12.1. The SMILES string of the molecule is CN(C)c1ccc(/C=N/NC(=O)c2cc3cc(Cl)ccc3o2)cc1Br. The highest BCUT2D eigenvalue weighted by atomic mass is 79.9. The number of amides is 1. The first-order valence-electron chi connectivity index (χ1n) is 7.43. The molecular formula is C18H15BrClN3O2. The largest absolute Gasteiger partial charge is 0.451 e. The van der Waals surface area contributed by atoms with E-state index in [1.807, 2.05) is 37.2 Å². The number of hydrogen-bond acceptors (Lipinski definition) is 4. The molecule has 1 N–H and O–H groups in total. The number of halogens is 2. The fourth-order valence-corrected chi connectivity index (χ4v) is 3.24. The monoisotopic (exact) mass is 419 g/mol. The van der Waals surface area contributed by atoms with Gasteiger partial charge in [0.05, 0.1) is 11.9 Å². The van der Waals surface area contributed by atoms with Crippen molar-refractivity contribution in [2.45, 2.75) is 0 Å². The van der Waals surface area contributed by atoms with Gasteiger partial charge in [0.2, 0.25) is 0 Å². The smallest absolute Gasteiger partial charge is 0.307 e. The van der Waals surface area contributed by atoms with Crippen LogP contribution in [0.3, 0.4) is 0 Å². The van der Waals surface area contributed by atoms with Crippen molar-refractivity contribution in [2.75, 3.05) is 19.0 Å². The molecule has 0 radical (unpaired) electrons. The summed E-state index contributed by atoms with van der Waals surface area (Å²) in [6.07, 6.45) is 1.57. The molecule has 25 heavy (non-hydrogen) atoms. The summed E-state index contributed by atoms with van der Waals surface area (Å²) >= 11 is 9.44. The summed E-state index contributed by atoms with van der Waals surface area (Å²) in [4.78, 5) is 14.1. The van der Waals surface area contributed by atoms with Crippen molar-refractivity contribution >= 4 is 56.3 Å². The molecule has 5 nitrogen and oxygen atoms in total. The molecule has 0 unspecified atom stereocenters. The molecule has 3 aromatic rings. The van der Waals surface area contributed by atoms with Gasteiger partial charge in [0.25, 0.3) is 0 Å². The quantitative estimate of drug-likeness (QED) is 0.492. The topological polar surface area (TPSA) is 57.8 Å². The minimum absolute atomic E-state index is 0.179. The van der Waals surface area contributed by atoms with Crippen LogP contribution in [-0.4, -0.2) is 26.2 Å². The van der Waals surface area contributed by atoms with E-state index in [-0.39, 0.29) is 5.76 Å². The maximum Gasteiger partial charge on any atom is 0.307 e. The normalized spacial score (nSPS) is 11.2. The molecule has 0 atom stereocenters. The zero-order valence-corrected chi connectivity index (χ0v) is 15.9. The highest BCUT2D eigenvalue weighted by molar-refractivity contribution is 9.10. The Balaban J connectivity index is 1.70. The van der Waals surface area contributed by atoms with Crippen molar-refractivity contribution in [1.29, 1.82) is 0 Å². The zero-order chi connectivity index (χ0) is 18.0. The molecule has 128 valence electrons. The van der Waals surface area contributed by atoms with Gasteiger partial charge in [-0.1, -0.05) is 17.7 Å². The first-order chi connectivity index (χ1) is 11.9. The van der Waals surface area contributed by atoms with Gasteiger partial charge in [0, 0.05) is 29.0 Å². The second-order valence-corrected chi connectivity index (χ2v) is 6.89. The average Bonchev–Trinajstić information content (AvgIpc) is 2.97. The van der Waals surface area contributed by atoms with E-state index in [4.69, 9.17) is 16.0 Å². The van der Waals surface area contributed by atoms with Crippen molar-refractivity contribution in [1.82, 2.24) is 5.43 Å². The van der Waals surface area contributed by atoms with E-state index in [0.717, 1.165) is 21.1 Å². The van der Waals surface area contributed by atoms with Gasteiger partial charge in [-0.2, -0.15) is 5.10 Å². The molecule has 0 aliphatic heterocycles. The molecule has 0 saturated heterocycles. The minimum Gasteiger partial charge on any atom is -0.451 e. The van der Waals surface area contributed by atoms with Crippen LogP contribution in [0.4, 0.5) is 5.69 Å². The van der Waals surface area contributed by atoms with E-state index in [1.165, 1.54) is 0 Å². The Hall–Kier alpha value is -2.31. The first kappa shape index (κ1) is 17.5. The molecule has 1 aromatic heterocycles. The summed E-state index contributed by atoms with van der Waals surface area (Å²) in [6, 6.07) is 12.6. The van der Waals surface area contributed by atoms with Gasteiger partial charge < -0.3 is 9.32 Å². The van der Waals surface area contributed by atoms with Gasteiger partial charge in [0.1, 0.15) is 5.58 Å². The summed E-state index contributed by atoms with van der Waals surface area (Å²) in [5.41, 5.74) is 4.97. The summed E-state index contributed by atoms with van der Waals surface area (Å²) in [6.45, 7) is 0. The molecule has 1 amide bonds. The number of hydrogen-bond donors (Lipinski definition) is 1. The third-order valence-corrected chi connectivity index (χ3v) is 4.41. The Labute approximate surface area is 158 Å². The molecule has 0 aliphatic rings. The summed E-state index contributed by atoms with van der Waals surface area (Å²) in [5.74, 6) is -0.244. The number of furan rings is 1. The summed E-state index contributed by atoms with van der Waals surface area (Å²) in [5, 5.41) is 5.33. The van der Waals surface area contributed by atoms with E-state index >= 15 is 0 Å². The van der Waals surface area contributed by atoms with Crippen LogP contribution in [0.5, 0.6) is 0 Å². The number of anilines is 1. The molecule has 3 rings (SSSR count). The Morgan fingerprint density at radius 1 is 1.24 bits per heavy atom. The van der Waals surface area contributed by atoms with Crippen molar-refractivity contribution in [2.24, 2.45) is 5.10 Å². The van der Waals surface area contributed by atoms with Crippen molar-refractivity contribution in [3.63, 3.8) is 0 Å². The van der Waals surface area contributed by atoms with Crippen LogP contribution in [0.25, 0.3) is 11.0 Å². The highest BCUT2D eigenvalue weighted by Crippen LogP contribution is 2.25. The van der Waals surface area contributed by atoms with Gasteiger partial charge in [-0.15, -0.1) is 0 Å². The Bertz CT molecular complexity index is 966. The van der Waals surface area contributed by atoms with E-state index in [0.29, 0.717) is 10.6 Å². The molecule has 0 aliphatic carbocycles. The lowest BCUT2D eigenvalue weighted by Crippen LogP contribution is -2.16. The fraction of sp³-hybridized carbons (Fsp3) is 0.111. The molecule has 2 aromatic carbocycles. The van der Waals surface area contributed by atoms with Crippen molar-refractivity contribution < 1.29 is 9.21 Å².